The lowest BCUT2D eigenvalue weighted by Gasteiger charge is -2.25. The van der Waals surface area contributed by atoms with Crippen LogP contribution in [-0.4, -0.2) is 49.6 Å². The van der Waals surface area contributed by atoms with Crippen LogP contribution in [0.3, 0.4) is 0 Å². The minimum atomic E-state index is -3.63. The summed E-state index contributed by atoms with van der Waals surface area (Å²) in [6.07, 6.45) is 5.30. The lowest BCUT2D eigenvalue weighted by Crippen LogP contribution is -2.44. The van der Waals surface area contributed by atoms with Gasteiger partial charge < -0.3 is 5.32 Å². The predicted molar refractivity (Wildman–Crippen MR) is 87.5 cm³/mol. The van der Waals surface area contributed by atoms with Crippen molar-refractivity contribution in [3.8, 4) is 12.3 Å². The molecule has 0 fully saturated rings. The van der Waals surface area contributed by atoms with Crippen molar-refractivity contribution in [1.29, 1.82) is 0 Å². The Morgan fingerprint density at radius 1 is 1.32 bits per heavy atom. The molecule has 0 radical (unpaired) electrons. The number of nitrogens with one attached hydrogen (secondary N) is 1. The minimum Gasteiger partial charge on any atom is -0.325 e. The van der Waals surface area contributed by atoms with E-state index in [4.69, 9.17) is 6.42 Å². The molecule has 0 aliphatic rings. The van der Waals surface area contributed by atoms with Crippen molar-refractivity contribution in [1.82, 2.24) is 8.61 Å². The molecule has 0 aliphatic heterocycles. The molecule has 7 heteroatoms. The predicted octanol–water partition coefficient (Wildman–Crippen LogP) is 1.12. The highest BCUT2D eigenvalue weighted by Gasteiger charge is 2.25. The zero-order valence-electron chi connectivity index (χ0n) is 13.0. The maximum atomic E-state index is 12.2. The zero-order valence-corrected chi connectivity index (χ0v) is 13.9. The molecular weight excluding hydrogens is 302 g/mol. The van der Waals surface area contributed by atoms with Crippen LogP contribution in [0, 0.1) is 12.3 Å². The normalized spacial score (nSPS) is 11.5. The number of amides is 1. The molecule has 1 aromatic rings. The molecule has 120 valence electrons. The van der Waals surface area contributed by atoms with E-state index in [1.54, 1.807) is 38.1 Å². The van der Waals surface area contributed by atoms with E-state index in [0.29, 0.717) is 24.3 Å². The largest absolute Gasteiger partial charge is 0.325 e. The molecule has 1 amide bonds. The van der Waals surface area contributed by atoms with E-state index in [1.165, 1.54) is 11.4 Å². The fraction of sp³-hybridized carbons (Fsp3) is 0.400. The molecule has 1 rings (SSSR count). The third-order valence-electron chi connectivity index (χ3n) is 3.10. The minimum absolute atomic E-state index is 0.265. The Morgan fingerprint density at radius 3 is 2.50 bits per heavy atom. The van der Waals surface area contributed by atoms with Crippen molar-refractivity contribution < 1.29 is 13.2 Å². The van der Waals surface area contributed by atoms with Gasteiger partial charge in [0.05, 0.1) is 6.54 Å². The summed E-state index contributed by atoms with van der Waals surface area (Å²) in [5, 5.41) is 2.64. The van der Waals surface area contributed by atoms with Gasteiger partial charge in [-0.25, -0.2) is 0 Å². The van der Waals surface area contributed by atoms with E-state index in [0.717, 1.165) is 4.31 Å². The molecule has 0 bridgehead atoms. The number of terminal acetylenes is 1. The number of carbonyl (C=O) groups is 1. The Balaban J connectivity index is 2.74. The van der Waals surface area contributed by atoms with Crippen LogP contribution in [0.5, 0.6) is 0 Å². The smallest absolute Gasteiger partial charge is 0.282 e. The Morgan fingerprint density at radius 2 is 1.95 bits per heavy atom. The van der Waals surface area contributed by atoms with Crippen LogP contribution in [0.4, 0.5) is 5.69 Å². The first-order valence-electron chi connectivity index (χ1n) is 6.93. The Bertz CT molecular complexity index is 661. The monoisotopic (exact) mass is 323 g/mol. The van der Waals surface area contributed by atoms with Crippen molar-refractivity contribution in [2.75, 3.05) is 32.0 Å². The number of benzene rings is 1. The SMILES string of the molecule is C#Cc1cccc(NC(=O)CN(C)S(=O)(=O)N(CC)CC)c1. The van der Waals surface area contributed by atoms with Crippen LogP contribution in [0.15, 0.2) is 24.3 Å². The number of nitrogens with zero attached hydrogens (tertiary/aromatic N) is 2. The summed E-state index contributed by atoms with van der Waals surface area (Å²) < 4.78 is 26.8. The van der Waals surface area contributed by atoms with Crippen molar-refractivity contribution in [3.63, 3.8) is 0 Å². The maximum absolute atomic E-state index is 12.2. The average Bonchev–Trinajstić information content (AvgIpc) is 2.48. The molecule has 0 heterocycles. The van der Waals surface area contributed by atoms with Gasteiger partial charge in [0.1, 0.15) is 0 Å². The summed E-state index contributed by atoms with van der Waals surface area (Å²) in [6, 6.07) is 6.81. The van der Waals surface area contributed by atoms with E-state index < -0.39 is 16.1 Å². The first kappa shape index (κ1) is 18.2. The summed E-state index contributed by atoms with van der Waals surface area (Å²) in [4.78, 5) is 12.0. The van der Waals surface area contributed by atoms with Crippen LogP contribution in [0.2, 0.25) is 0 Å². The number of anilines is 1. The molecule has 22 heavy (non-hydrogen) atoms. The fourth-order valence-electron chi connectivity index (χ4n) is 1.92. The summed E-state index contributed by atoms with van der Waals surface area (Å²) >= 11 is 0. The van der Waals surface area contributed by atoms with Crippen molar-refractivity contribution in [2.24, 2.45) is 0 Å². The molecule has 0 unspecified atom stereocenters. The number of rotatable bonds is 7. The van der Waals surface area contributed by atoms with E-state index in [9.17, 15) is 13.2 Å². The molecule has 1 N–H and O–H groups in total. The molecule has 0 saturated heterocycles. The average molecular weight is 323 g/mol. The highest BCUT2D eigenvalue weighted by atomic mass is 32.2. The molecule has 0 aliphatic carbocycles. The van der Waals surface area contributed by atoms with Gasteiger partial charge in [-0.15, -0.1) is 6.42 Å². The van der Waals surface area contributed by atoms with Crippen molar-refractivity contribution >= 4 is 21.8 Å². The van der Waals surface area contributed by atoms with Crippen LogP contribution in [0.1, 0.15) is 19.4 Å². The van der Waals surface area contributed by atoms with Gasteiger partial charge in [-0.2, -0.15) is 17.0 Å². The van der Waals surface area contributed by atoms with Gasteiger partial charge in [0.25, 0.3) is 10.2 Å². The highest BCUT2D eigenvalue weighted by Crippen LogP contribution is 2.10. The number of likely N-dealkylation sites (N-methyl/N-ethyl adjacent to an activating group) is 1. The van der Waals surface area contributed by atoms with Crippen LogP contribution >= 0.6 is 0 Å². The number of hydrogen-bond donors (Lipinski definition) is 1. The van der Waals surface area contributed by atoms with Crippen molar-refractivity contribution in [2.45, 2.75) is 13.8 Å². The zero-order chi connectivity index (χ0) is 16.8. The van der Waals surface area contributed by atoms with Crippen LogP contribution < -0.4 is 5.32 Å². The van der Waals surface area contributed by atoms with Gasteiger partial charge in [0, 0.05) is 31.4 Å². The third-order valence-corrected chi connectivity index (χ3v) is 5.19. The fourth-order valence-corrected chi connectivity index (χ4v) is 3.25. The quantitative estimate of drug-likeness (QED) is 0.765. The van der Waals surface area contributed by atoms with Gasteiger partial charge in [0.15, 0.2) is 0 Å². The Kier molecular flexibility index (Phi) is 6.56. The standard InChI is InChI=1S/C15H21N3O3S/c1-5-13-9-8-10-14(11-13)16-15(19)12-17(4)22(20,21)18(6-2)7-3/h1,8-11H,6-7,12H2,2-4H3,(H,16,19). The van der Waals surface area contributed by atoms with E-state index in [2.05, 4.69) is 11.2 Å². The number of hydrogen-bond acceptors (Lipinski definition) is 3. The second-order valence-electron chi connectivity index (χ2n) is 4.62. The lowest BCUT2D eigenvalue weighted by molar-refractivity contribution is -0.116. The molecule has 0 spiro atoms. The third kappa shape index (κ3) is 4.56. The Hall–Kier alpha value is -1.88. The van der Waals surface area contributed by atoms with Crippen LogP contribution in [-0.2, 0) is 15.0 Å². The van der Waals surface area contributed by atoms with Crippen LogP contribution in [0.25, 0.3) is 0 Å². The summed E-state index contributed by atoms with van der Waals surface area (Å²) in [5.41, 5.74) is 1.18. The maximum Gasteiger partial charge on any atom is 0.282 e. The molecule has 0 atom stereocenters. The Labute approximate surface area is 132 Å². The number of carbonyl (C=O) groups excluding carboxylic acids is 1. The molecule has 0 aromatic heterocycles. The van der Waals surface area contributed by atoms with Gasteiger partial charge in [-0.05, 0) is 18.2 Å². The summed E-state index contributed by atoms with van der Waals surface area (Å²) in [7, 11) is -2.25. The first-order chi connectivity index (χ1) is 10.3. The van der Waals surface area contributed by atoms with Gasteiger partial charge in [-0.3, -0.25) is 4.79 Å². The van der Waals surface area contributed by atoms with Gasteiger partial charge >= 0.3 is 0 Å². The molecule has 0 saturated carbocycles. The molecule has 1 aromatic carbocycles. The summed E-state index contributed by atoms with van der Waals surface area (Å²) in [5.74, 6) is 2.05. The van der Waals surface area contributed by atoms with E-state index >= 15 is 0 Å². The molecule has 6 nitrogen and oxygen atoms in total. The first-order valence-corrected chi connectivity index (χ1v) is 8.32. The van der Waals surface area contributed by atoms with E-state index in [1.807, 2.05) is 0 Å². The van der Waals surface area contributed by atoms with Gasteiger partial charge in [0.2, 0.25) is 5.91 Å². The van der Waals surface area contributed by atoms with Gasteiger partial charge in [-0.1, -0.05) is 25.8 Å². The lowest BCUT2D eigenvalue weighted by atomic mass is 10.2. The van der Waals surface area contributed by atoms with Crippen molar-refractivity contribution in [3.05, 3.63) is 29.8 Å². The topological polar surface area (TPSA) is 69.7 Å². The second-order valence-corrected chi connectivity index (χ2v) is 6.66. The summed E-state index contributed by atoms with van der Waals surface area (Å²) in [6.45, 7) is 3.95. The highest BCUT2D eigenvalue weighted by molar-refractivity contribution is 7.86. The molecular formula is C15H21N3O3S. The van der Waals surface area contributed by atoms with E-state index in [-0.39, 0.29) is 6.54 Å². The second kappa shape index (κ2) is 7.94.